The maximum Gasteiger partial charge on any atom is 0.153 e. The number of hydrogen-bond acceptors (Lipinski definition) is 2. The van der Waals surface area contributed by atoms with E-state index in [0.29, 0.717) is 11.6 Å². The summed E-state index contributed by atoms with van der Waals surface area (Å²) < 4.78 is 1.89. The Morgan fingerprint density at radius 1 is 1.56 bits per heavy atom. The van der Waals surface area contributed by atoms with Gasteiger partial charge in [-0.2, -0.15) is 5.10 Å². The lowest BCUT2D eigenvalue weighted by Crippen LogP contribution is -2.05. The molecule has 1 aromatic rings. The van der Waals surface area contributed by atoms with E-state index in [0.717, 1.165) is 24.8 Å². The van der Waals surface area contributed by atoms with Gasteiger partial charge in [0.1, 0.15) is 0 Å². The molecule has 1 aromatic heterocycles. The molecule has 0 aliphatic heterocycles. The third-order valence-electron chi connectivity index (χ3n) is 2.95. The smallest absolute Gasteiger partial charge is 0.153 e. The highest BCUT2D eigenvalue weighted by Crippen LogP contribution is 2.22. The minimum Gasteiger partial charge on any atom is -0.298 e. The molecule has 3 nitrogen and oxygen atoms in total. The number of hydrogen-bond donors (Lipinski definition) is 0. The molecule has 16 heavy (non-hydrogen) atoms. The molecule has 88 valence electrons. The van der Waals surface area contributed by atoms with Crippen molar-refractivity contribution in [1.82, 2.24) is 9.78 Å². The monoisotopic (exact) mass is 220 g/mol. The summed E-state index contributed by atoms with van der Waals surface area (Å²) in [5.74, 6) is 0.253. The molecule has 0 saturated carbocycles. The summed E-state index contributed by atoms with van der Waals surface area (Å²) in [6.45, 7) is 10.00. The van der Waals surface area contributed by atoms with Crippen molar-refractivity contribution in [2.75, 3.05) is 0 Å². The van der Waals surface area contributed by atoms with Crippen LogP contribution in [0.5, 0.6) is 0 Å². The van der Waals surface area contributed by atoms with Crippen LogP contribution in [0.1, 0.15) is 61.6 Å². The first kappa shape index (κ1) is 12.7. The third kappa shape index (κ3) is 2.60. The Morgan fingerprint density at radius 2 is 2.25 bits per heavy atom. The van der Waals surface area contributed by atoms with Crippen molar-refractivity contribution in [2.45, 2.75) is 45.6 Å². The second-order valence-corrected chi connectivity index (χ2v) is 4.25. The summed E-state index contributed by atoms with van der Waals surface area (Å²) in [5.41, 5.74) is 1.59. The molecule has 1 rings (SSSR count). The van der Waals surface area contributed by atoms with Gasteiger partial charge in [-0.25, -0.2) is 0 Å². The van der Waals surface area contributed by atoms with Crippen LogP contribution in [0, 0.1) is 0 Å². The normalized spacial score (nSPS) is 14.4. The molecule has 0 aliphatic carbocycles. The van der Waals surface area contributed by atoms with E-state index in [-0.39, 0.29) is 5.92 Å². The molecule has 2 unspecified atom stereocenters. The van der Waals surface area contributed by atoms with E-state index in [4.69, 9.17) is 0 Å². The van der Waals surface area contributed by atoms with Crippen LogP contribution in [0.15, 0.2) is 18.9 Å². The van der Waals surface area contributed by atoms with E-state index in [1.54, 1.807) is 0 Å². The molecular formula is C13H20N2O. The highest BCUT2D eigenvalue weighted by atomic mass is 16.1. The summed E-state index contributed by atoms with van der Waals surface area (Å²) in [4.78, 5) is 11.0. The molecule has 0 saturated heterocycles. The Hall–Kier alpha value is -1.38. The second-order valence-electron chi connectivity index (χ2n) is 4.25. The maximum atomic E-state index is 11.0. The molecule has 0 aromatic carbocycles. The van der Waals surface area contributed by atoms with Gasteiger partial charge in [0, 0.05) is 18.2 Å². The molecule has 0 radical (unpaired) electrons. The van der Waals surface area contributed by atoms with E-state index >= 15 is 0 Å². The van der Waals surface area contributed by atoms with Crippen molar-refractivity contribution < 1.29 is 4.79 Å². The number of carbonyl (C=O) groups excluding carboxylic acids is 1. The number of rotatable bonds is 6. The third-order valence-corrected chi connectivity index (χ3v) is 2.95. The maximum absolute atomic E-state index is 11.0. The van der Waals surface area contributed by atoms with Crippen molar-refractivity contribution in [3.8, 4) is 0 Å². The summed E-state index contributed by atoms with van der Waals surface area (Å²) in [7, 11) is 0. The number of aromatic nitrogens is 2. The summed E-state index contributed by atoms with van der Waals surface area (Å²) in [5, 5.41) is 4.51. The van der Waals surface area contributed by atoms with Crippen molar-refractivity contribution in [3.05, 3.63) is 30.1 Å². The van der Waals surface area contributed by atoms with Crippen molar-refractivity contribution >= 4 is 6.29 Å². The van der Waals surface area contributed by atoms with Crippen molar-refractivity contribution in [2.24, 2.45) is 0 Å². The number of allylic oxidation sites excluding steroid dienone is 1. The molecule has 0 amide bonds. The zero-order valence-electron chi connectivity index (χ0n) is 10.3. The first-order chi connectivity index (χ1) is 7.63. The summed E-state index contributed by atoms with van der Waals surface area (Å²) >= 11 is 0. The molecule has 1 heterocycles. The molecule has 0 spiro atoms. The minimum atomic E-state index is 0.253. The van der Waals surface area contributed by atoms with Crippen LogP contribution in [0.3, 0.4) is 0 Å². The second kappa shape index (κ2) is 5.64. The van der Waals surface area contributed by atoms with E-state index in [1.165, 1.54) is 0 Å². The van der Waals surface area contributed by atoms with E-state index < -0.39 is 0 Å². The number of nitrogens with zero attached hydrogens (tertiary/aromatic N) is 2. The number of aldehydes is 1. The molecule has 0 N–H and O–H groups in total. The molecule has 0 aliphatic rings. The van der Waals surface area contributed by atoms with Gasteiger partial charge >= 0.3 is 0 Å². The zero-order chi connectivity index (χ0) is 12.1. The van der Waals surface area contributed by atoms with Gasteiger partial charge < -0.3 is 0 Å². The van der Waals surface area contributed by atoms with Crippen LogP contribution in [0.4, 0.5) is 0 Å². The zero-order valence-corrected chi connectivity index (χ0v) is 10.3. The van der Waals surface area contributed by atoms with Crippen molar-refractivity contribution in [3.63, 3.8) is 0 Å². The SMILES string of the molecule is C=CCC(C)c1nn(C(C)CC)cc1C=O. The lowest BCUT2D eigenvalue weighted by atomic mass is 10.0. The topological polar surface area (TPSA) is 34.9 Å². The summed E-state index contributed by atoms with van der Waals surface area (Å²) in [6, 6.07) is 0.336. The van der Waals surface area contributed by atoms with Crippen LogP contribution in [-0.4, -0.2) is 16.1 Å². The van der Waals surface area contributed by atoms with Gasteiger partial charge in [-0.15, -0.1) is 6.58 Å². The Morgan fingerprint density at radius 3 is 2.75 bits per heavy atom. The van der Waals surface area contributed by atoms with Crippen LogP contribution in [0.25, 0.3) is 0 Å². The molecular weight excluding hydrogens is 200 g/mol. The van der Waals surface area contributed by atoms with Gasteiger partial charge in [0.15, 0.2) is 6.29 Å². The van der Waals surface area contributed by atoms with Crippen LogP contribution in [-0.2, 0) is 0 Å². The average molecular weight is 220 g/mol. The molecule has 0 bridgehead atoms. The van der Waals surface area contributed by atoms with E-state index in [2.05, 4.69) is 32.4 Å². The Bertz CT molecular complexity index is 368. The molecule has 3 heteroatoms. The fraction of sp³-hybridized carbons (Fsp3) is 0.538. The van der Waals surface area contributed by atoms with E-state index in [9.17, 15) is 4.79 Å². The first-order valence-electron chi connectivity index (χ1n) is 5.79. The Labute approximate surface area is 97.2 Å². The van der Waals surface area contributed by atoms with Crippen LogP contribution < -0.4 is 0 Å². The van der Waals surface area contributed by atoms with Crippen LogP contribution >= 0.6 is 0 Å². The number of carbonyl (C=O) groups is 1. The standard InChI is InChI=1S/C13H20N2O/c1-5-7-10(3)13-12(9-16)8-15(14-13)11(4)6-2/h5,8-11H,1,6-7H2,2-4H3. The quantitative estimate of drug-likeness (QED) is 0.544. The van der Waals surface area contributed by atoms with Gasteiger partial charge in [-0.05, 0) is 19.8 Å². The predicted octanol–water partition coefficient (Wildman–Crippen LogP) is 3.35. The summed E-state index contributed by atoms with van der Waals surface area (Å²) in [6.07, 6.45) is 6.45. The van der Waals surface area contributed by atoms with Crippen LogP contribution in [0.2, 0.25) is 0 Å². The van der Waals surface area contributed by atoms with Gasteiger partial charge in [0.25, 0.3) is 0 Å². The molecule has 0 fully saturated rings. The lowest BCUT2D eigenvalue weighted by molar-refractivity contribution is 0.112. The highest BCUT2D eigenvalue weighted by molar-refractivity contribution is 5.76. The van der Waals surface area contributed by atoms with E-state index in [1.807, 2.05) is 17.0 Å². The van der Waals surface area contributed by atoms with Gasteiger partial charge in [0.05, 0.1) is 11.3 Å². The van der Waals surface area contributed by atoms with Gasteiger partial charge in [0.2, 0.25) is 0 Å². The Kier molecular flexibility index (Phi) is 4.47. The largest absolute Gasteiger partial charge is 0.298 e. The minimum absolute atomic E-state index is 0.253. The fourth-order valence-corrected chi connectivity index (χ4v) is 1.67. The average Bonchev–Trinajstić information content (AvgIpc) is 2.72. The fourth-order valence-electron chi connectivity index (χ4n) is 1.67. The highest BCUT2D eigenvalue weighted by Gasteiger charge is 2.15. The van der Waals surface area contributed by atoms with Crippen molar-refractivity contribution in [1.29, 1.82) is 0 Å². The first-order valence-corrected chi connectivity index (χ1v) is 5.79. The molecule has 2 atom stereocenters. The lowest BCUT2D eigenvalue weighted by Gasteiger charge is -2.09. The Balaban J connectivity index is 3.03. The van der Waals surface area contributed by atoms with Gasteiger partial charge in [-0.3, -0.25) is 9.48 Å². The predicted molar refractivity (Wildman–Crippen MR) is 65.8 cm³/mol. The van der Waals surface area contributed by atoms with Gasteiger partial charge in [-0.1, -0.05) is 19.9 Å².